The number of rotatable bonds is 8. The summed E-state index contributed by atoms with van der Waals surface area (Å²) in [6.45, 7) is 9.48. The first-order chi connectivity index (χ1) is 9.62. The predicted molar refractivity (Wildman–Crippen MR) is 98.1 cm³/mol. The molecular weight excluding hydrogens is 321 g/mol. The third-order valence-corrected chi connectivity index (χ3v) is 3.57. The highest BCUT2D eigenvalue weighted by Gasteiger charge is 2.20. The van der Waals surface area contributed by atoms with Crippen molar-refractivity contribution in [2.24, 2.45) is 5.73 Å². The monoisotopic (exact) mass is 349 g/mol. The van der Waals surface area contributed by atoms with Crippen LogP contribution in [0.5, 0.6) is 0 Å². The third-order valence-electron chi connectivity index (χ3n) is 3.57. The summed E-state index contributed by atoms with van der Waals surface area (Å²) < 4.78 is 0. The number of halogens is 2. The van der Waals surface area contributed by atoms with Crippen molar-refractivity contribution in [2.45, 2.75) is 32.7 Å². The van der Waals surface area contributed by atoms with E-state index in [2.05, 4.69) is 24.1 Å². The van der Waals surface area contributed by atoms with Crippen molar-refractivity contribution in [1.82, 2.24) is 10.2 Å². The normalized spacial score (nSPS) is 12.8. The molecule has 1 amide bonds. The first-order valence-corrected chi connectivity index (χ1v) is 7.40. The fraction of sp³-hybridized carbons (Fsp3) is 0.562. The number of carbonyl (C=O) groups is 1. The number of amides is 1. The van der Waals surface area contributed by atoms with Crippen LogP contribution in [0.25, 0.3) is 0 Å². The van der Waals surface area contributed by atoms with E-state index < -0.39 is 0 Å². The molecule has 22 heavy (non-hydrogen) atoms. The second-order valence-electron chi connectivity index (χ2n) is 5.09. The van der Waals surface area contributed by atoms with Crippen LogP contribution in [-0.2, 0) is 4.79 Å². The summed E-state index contributed by atoms with van der Waals surface area (Å²) in [4.78, 5) is 14.6. The Kier molecular flexibility index (Phi) is 13.5. The van der Waals surface area contributed by atoms with Gasteiger partial charge in [0.25, 0.3) is 0 Å². The van der Waals surface area contributed by atoms with Crippen LogP contribution in [0, 0.1) is 0 Å². The van der Waals surface area contributed by atoms with Crippen LogP contribution in [0.2, 0.25) is 0 Å². The largest absolute Gasteiger partial charge is 0.352 e. The van der Waals surface area contributed by atoms with Crippen LogP contribution >= 0.6 is 24.8 Å². The molecule has 6 heteroatoms. The molecule has 0 radical (unpaired) electrons. The lowest BCUT2D eigenvalue weighted by Crippen LogP contribution is -2.44. The molecule has 4 nitrogen and oxygen atoms in total. The van der Waals surface area contributed by atoms with Crippen LogP contribution < -0.4 is 11.1 Å². The molecule has 0 saturated heterocycles. The van der Waals surface area contributed by atoms with Crippen LogP contribution in [0.15, 0.2) is 30.3 Å². The topological polar surface area (TPSA) is 58.4 Å². The van der Waals surface area contributed by atoms with Crippen molar-refractivity contribution >= 4 is 30.7 Å². The Morgan fingerprint density at radius 2 is 1.73 bits per heavy atom. The van der Waals surface area contributed by atoms with E-state index in [1.807, 2.05) is 37.3 Å². The Morgan fingerprint density at radius 1 is 1.18 bits per heavy atom. The van der Waals surface area contributed by atoms with Gasteiger partial charge in [-0.3, -0.25) is 4.79 Å². The van der Waals surface area contributed by atoms with Gasteiger partial charge < -0.3 is 16.0 Å². The van der Waals surface area contributed by atoms with E-state index in [9.17, 15) is 4.79 Å². The fourth-order valence-electron chi connectivity index (χ4n) is 2.34. The molecule has 2 atom stereocenters. The van der Waals surface area contributed by atoms with Gasteiger partial charge in [-0.05, 0) is 25.6 Å². The molecule has 3 N–H and O–H groups in total. The molecule has 0 aliphatic rings. The summed E-state index contributed by atoms with van der Waals surface area (Å²) in [6.07, 6.45) is 0. The number of nitrogens with one attached hydrogen (secondary N) is 1. The molecule has 128 valence electrons. The number of likely N-dealkylation sites (N-methyl/N-ethyl adjacent to an activating group) is 1. The summed E-state index contributed by atoms with van der Waals surface area (Å²) in [7, 11) is 0. The molecule has 1 rings (SSSR count). The van der Waals surface area contributed by atoms with Crippen molar-refractivity contribution in [2.75, 3.05) is 26.2 Å². The maximum Gasteiger partial charge on any atom is 0.229 e. The first kappa shape index (κ1) is 23.5. The lowest BCUT2D eigenvalue weighted by molar-refractivity contribution is -0.123. The second kappa shape index (κ2) is 12.7. The summed E-state index contributed by atoms with van der Waals surface area (Å²) in [6, 6.07) is 9.84. The third kappa shape index (κ3) is 7.45. The highest BCUT2D eigenvalue weighted by molar-refractivity contribution is 5.85. The Bertz CT molecular complexity index is 400. The van der Waals surface area contributed by atoms with Gasteiger partial charge in [0.15, 0.2) is 0 Å². The van der Waals surface area contributed by atoms with Crippen molar-refractivity contribution in [3.05, 3.63) is 35.9 Å². The summed E-state index contributed by atoms with van der Waals surface area (Å²) in [5, 5.41) is 3.07. The van der Waals surface area contributed by atoms with Gasteiger partial charge in [0.1, 0.15) is 0 Å². The van der Waals surface area contributed by atoms with E-state index in [4.69, 9.17) is 5.73 Å². The fourth-order valence-corrected chi connectivity index (χ4v) is 2.34. The van der Waals surface area contributed by atoms with Gasteiger partial charge in [-0.1, -0.05) is 44.2 Å². The highest BCUT2D eigenvalue weighted by atomic mass is 35.5. The highest BCUT2D eigenvalue weighted by Crippen LogP contribution is 2.14. The van der Waals surface area contributed by atoms with Gasteiger partial charge in [-0.2, -0.15) is 0 Å². The first-order valence-electron chi connectivity index (χ1n) is 7.40. The minimum atomic E-state index is -0.268. The van der Waals surface area contributed by atoms with Crippen LogP contribution in [0.1, 0.15) is 32.3 Å². The molecule has 0 aromatic heterocycles. The number of hydrogen-bond acceptors (Lipinski definition) is 3. The zero-order valence-electron chi connectivity index (χ0n) is 13.6. The number of benzene rings is 1. The lowest BCUT2D eigenvalue weighted by Gasteiger charge is -2.25. The summed E-state index contributed by atoms with van der Waals surface area (Å²) in [5.41, 5.74) is 6.74. The van der Waals surface area contributed by atoms with Gasteiger partial charge >= 0.3 is 0 Å². The lowest BCUT2D eigenvalue weighted by atomic mass is 9.98. The molecule has 0 heterocycles. The molecular formula is C16H29Cl2N3O. The summed E-state index contributed by atoms with van der Waals surface area (Å²) in [5.74, 6) is -0.256. The zero-order chi connectivity index (χ0) is 15.0. The summed E-state index contributed by atoms with van der Waals surface area (Å²) >= 11 is 0. The van der Waals surface area contributed by atoms with Crippen LogP contribution in [0.3, 0.4) is 0 Å². The van der Waals surface area contributed by atoms with E-state index in [1.54, 1.807) is 0 Å². The molecule has 0 bridgehead atoms. The average molecular weight is 350 g/mol. The Balaban J connectivity index is 0. The maximum atomic E-state index is 12.3. The number of carbonyl (C=O) groups excluding carboxylic acids is 1. The minimum absolute atomic E-state index is 0. The Morgan fingerprint density at radius 3 is 2.18 bits per heavy atom. The van der Waals surface area contributed by atoms with Gasteiger partial charge in [-0.15, -0.1) is 24.8 Å². The van der Waals surface area contributed by atoms with E-state index in [-0.39, 0.29) is 42.7 Å². The number of nitrogens with zero attached hydrogens (tertiary/aromatic N) is 1. The Labute approximate surface area is 146 Å². The second-order valence-corrected chi connectivity index (χ2v) is 5.09. The molecule has 0 saturated carbocycles. The number of hydrogen-bond donors (Lipinski definition) is 2. The van der Waals surface area contributed by atoms with Gasteiger partial charge in [0.05, 0.1) is 5.92 Å². The molecule has 0 aliphatic carbocycles. The van der Waals surface area contributed by atoms with E-state index in [0.29, 0.717) is 6.54 Å². The SMILES string of the molecule is CCN(CC)CC(C)NC(=O)C(CN)c1ccccc1.Cl.Cl. The maximum absolute atomic E-state index is 12.3. The molecule has 0 aliphatic heterocycles. The van der Waals surface area contributed by atoms with Gasteiger partial charge in [-0.25, -0.2) is 0 Å². The van der Waals surface area contributed by atoms with E-state index in [1.165, 1.54) is 0 Å². The van der Waals surface area contributed by atoms with Crippen LogP contribution in [0.4, 0.5) is 0 Å². The van der Waals surface area contributed by atoms with Gasteiger partial charge in [0, 0.05) is 19.1 Å². The zero-order valence-corrected chi connectivity index (χ0v) is 15.3. The Hall–Kier alpha value is -0.810. The molecule has 0 spiro atoms. The average Bonchev–Trinajstić information content (AvgIpc) is 2.46. The van der Waals surface area contributed by atoms with Crippen molar-refractivity contribution in [3.8, 4) is 0 Å². The standard InChI is InChI=1S/C16H27N3O.2ClH/c1-4-19(5-2)12-13(3)18-16(20)15(11-17)14-9-7-6-8-10-14;;/h6-10,13,15H,4-5,11-12,17H2,1-3H3,(H,18,20);2*1H. The van der Waals surface area contributed by atoms with Crippen molar-refractivity contribution in [3.63, 3.8) is 0 Å². The predicted octanol–water partition coefficient (Wildman–Crippen LogP) is 2.42. The smallest absolute Gasteiger partial charge is 0.229 e. The van der Waals surface area contributed by atoms with Crippen LogP contribution in [-0.4, -0.2) is 43.0 Å². The minimum Gasteiger partial charge on any atom is -0.352 e. The molecule has 0 fully saturated rings. The number of nitrogens with two attached hydrogens (primary N) is 1. The van der Waals surface area contributed by atoms with E-state index in [0.717, 1.165) is 25.2 Å². The van der Waals surface area contributed by atoms with Crippen molar-refractivity contribution in [1.29, 1.82) is 0 Å². The molecule has 2 unspecified atom stereocenters. The van der Waals surface area contributed by atoms with Gasteiger partial charge in [0.2, 0.25) is 5.91 Å². The molecule has 1 aromatic rings. The van der Waals surface area contributed by atoms with E-state index >= 15 is 0 Å². The molecule has 1 aromatic carbocycles. The quantitative estimate of drug-likeness (QED) is 0.757. The van der Waals surface area contributed by atoms with Crippen molar-refractivity contribution < 1.29 is 4.79 Å².